The van der Waals surface area contributed by atoms with Crippen molar-refractivity contribution < 1.29 is 9.53 Å². The molecule has 1 heterocycles. The van der Waals surface area contributed by atoms with Gasteiger partial charge in [0.15, 0.2) is 0 Å². The molecule has 4 heteroatoms. The first-order chi connectivity index (χ1) is 9.33. The third-order valence-corrected chi connectivity index (χ3v) is 2.99. The van der Waals surface area contributed by atoms with Crippen molar-refractivity contribution in [2.45, 2.75) is 39.2 Å². The van der Waals surface area contributed by atoms with Crippen LogP contribution < -0.4 is 0 Å². The van der Waals surface area contributed by atoms with Gasteiger partial charge in [-0.1, -0.05) is 18.2 Å². The molecule has 0 N–H and O–H groups in total. The molecule has 1 atom stereocenters. The van der Waals surface area contributed by atoms with Crippen LogP contribution in [-0.4, -0.2) is 16.3 Å². The molecule has 0 radical (unpaired) electrons. The third-order valence-electron chi connectivity index (χ3n) is 2.99. The Hall–Kier alpha value is -2.28. The number of para-hydroxylation sites is 1. The van der Waals surface area contributed by atoms with E-state index >= 15 is 0 Å². The van der Waals surface area contributed by atoms with Gasteiger partial charge in [-0.15, -0.1) is 0 Å². The second-order valence-electron chi connectivity index (χ2n) is 5.80. The van der Waals surface area contributed by atoms with E-state index in [9.17, 15) is 4.79 Å². The summed E-state index contributed by atoms with van der Waals surface area (Å²) in [6.07, 6.45) is 1.28. The molecule has 104 valence electrons. The van der Waals surface area contributed by atoms with E-state index in [1.54, 1.807) is 6.20 Å². The number of rotatable bonds is 1. The predicted octanol–water partition coefficient (Wildman–Crippen LogP) is 4.05. The number of ether oxygens (including phenoxy) is 1. The molecule has 0 saturated heterocycles. The van der Waals surface area contributed by atoms with Gasteiger partial charge in [0.25, 0.3) is 0 Å². The SMILES string of the molecule is CC(C#N)c1cn(C(=O)OC(C)(C)C)c2ccccc12. The van der Waals surface area contributed by atoms with Crippen molar-refractivity contribution in [3.63, 3.8) is 0 Å². The zero-order valence-electron chi connectivity index (χ0n) is 12.2. The van der Waals surface area contributed by atoms with E-state index in [1.807, 2.05) is 52.0 Å². The highest BCUT2D eigenvalue weighted by Gasteiger charge is 2.21. The van der Waals surface area contributed by atoms with Crippen molar-refractivity contribution in [2.75, 3.05) is 0 Å². The molecule has 0 amide bonds. The first-order valence-corrected chi connectivity index (χ1v) is 6.56. The number of carbonyl (C=O) groups is 1. The summed E-state index contributed by atoms with van der Waals surface area (Å²) in [7, 11) is 0. The van der Waals surface area contributed by atoms with E-state index in [-0.39, 0.29) is 5.92 Å². The maximum absolute atomic E-state index is 12.3. The van der Waals surface area contributed by atoms with Crippen molar-refractivity contribution in [1.82, 2.24) is 4.57 Å². The number of hydrogen-bond acceptors (Lipinski definition) is 3. The Morgan fingerprint density at radius 2 is 2.00 bits per heavy atom. The molecule has 0 spiro atoms. The van der Waals surface area contributed by atoms with E-state index in [0.29, 0.717) is 0 Å². The Bertz CT molecular complexity index is 687. The fourth-order valence-corrected chi connectivity index (χ4v) is 2.08. The van der Waals surface area contributed by atoms with E-state index in [1.165, 1.54) is 4.57 Å². The summed E-state index contributed by atoms with van der Waals surface area (Å²) in [5.74, 6) is -0.274. The quantitative estimate of drug-likeness (QED) is 0.785. The summed E-state index contributed by atoms with van der Waals surface area (Å²) >= 11 is 0. The van der Waals surface area contributed by atoms with E-state index in [4.69, 9.17) is 10.00 Å². The van der Waals surface area contributed by atoms with Crippen LogP contribution in [0.3, 0.4) is 0 Å². The third kappa shape index (κ3) is 2.67. The van der Waals surface area contributed by atoms with Crippen LogP contribution in [0.2, 0.25) is 0 Å². The van der Waals surface area contributed by atoms with E-state index in [0.717, 1.165) is 16.5 Å². The fourth-order valence-electron chi connectivity index (χ4n) is 2.08. The normalized spacial score (nSPS) is 12.9. The Balaban J connectivity index is 2.55. The molecule has 0 saturated carbocycles. The van der Waals surface area contributed by atoms with Gasteiger partial charge in [0, 0.05) is 11.6 Å². The van der Waals surface area contributed by atoms with Gasteiger partial charge in [0.2, 0.25) is 0 Å². The van der Waals surface area contributed by atoms with Crippen LogP contribution in [0.4, 0.5) is 4.79 Å². The first kappa shape index (κ1) is 14.1. The van der Waals surface area contributed by atoms with Crippen LogP contribution in [0.5, 0.6) is 0 Å². The van der Waals surface area contributed by atoms with Crippen LogP contribution in [0.15, 0.2) is 30.5 Å². The zero-order valence-corrected chi connectivity index (χ0v) is 12.2. The summed E-state index contributed by atoms with van der Waals surface area (Å²) in [5.41, 5.74) is 1.05. The molecular weight excluding hydrogens is 252 g/mol. The van der Waals surface area contributed by atoms with E-state index in [2.05, 4.69) is 6.07 Å². The number of aromatic nitrogens is 1. The second kappa shape index (κ2) is 5.01. The maximum atomic E-state index is 12.3. The highest BCUT2D eigenvalue weighted by Crippen LogP contribution is 2.28. The van der Waals surface area contributed by atoms with Crippen molar-refractivity contribution in [3.05, 3.63) is 36.0 Å². The standard InChI is InChI=1S/C16H18N2O2/c1-11(9-17)13-10-18(15(19)20-16(2,3)4)14-8-6-5-7-12(13)14/h5-8,10-11H,1-4H3. The lowest BCUT2D eigenvalue weighted by Crippen LogP contribution is -2.26. The van der Waals surface area contributed by atoms with Crippen LogP contribution in [0.25, 0.3) is 10.9 Å². The lowest BCUT2D eigenvalue weighted by atomic mass is 10.0. The highest BCUT2D eigenvalue weighted by molar-refractivity contribution is 5.92. The molecule has 1 aromatic heterocycles. The molecule has 20 heavy (non-hydrogen) atoms. The van der Waals surface area contributed by atoms with Gasteiger partial charge >= 0.3 is 6.09 Å². The minimum atomic E-state index is -0.552. The molecule has 2 aromatic rings. The molecule has 4 nitrogen and oxygen atoms in total. The Morgan fingerprint density at radius 1 is 1.35 bits per heavy atom. The van der Waals surface area contributed by atoms with Gasteiger partial charge in [0.1, 0.15) is 5.60 Å². The van der Waals surface area contributed by atoms with Gasteiger partial charge in [-0.2, -0.15) is 5.26 Å². The maximum Gasteiger partial charge on any atom is 0.419 e. The Labute approximate surface area is 118 Å². The van der Waals surface area contributed by atoms with Crippen LogP contribution >= 0.6 is 0 Å². The summed E-state index contributed by atoms with van der Waals surface area (Å²) in [6, 6.07) is 9.74. The van der Waals surface area contributed by atoms with Gasteiger partial charge in [0.05, 0.1) is 17.5 Å². The van der Waals surface area contributed by atoms with Gasteiger partial charge in [-0.3, -0.25) is 4.57 Å². The van der Waals surface area contributed by atoms with Crippen LogP contribution in [0.1, 0.15) is 39.2 Å². The number of hydrogen-bond donors (Lipinski definition) is 0. The first-order valence-electron chi connectivity index (χ1n) is 6.56. The molecule has 1 aromatic carbocycles. The predicted molar refractivity (Wildman–Crippen MR) is 77.6 cm³/mol. The Morgan fingerprint density at radius 3 is 2.60 bits per heavy atom. The summed E-state index contributed by atoms with van der Waals surface area (Å²) in [4.78, 5) is 12.3. The molecule has 0 aliphatic carbocycles. The largest absolute Gasteiger partial charge is 0.443 e. The average molecular weight is 270 g/mol. The molecule has 1 unspecified atom stereocenters. The van der Waals surface area contributed by atoms with Crippen LogP contribution in [-0.2, 0) is 4.74 Å². The van der Waals surface area contributed by atoms with E-state index < -0.39 is 11.7 Å². The van der Waals surface area contributed by atoms with Gasteiger partial charge in [-0.25, -0.2) is 4.79 Å². The van der Waals surface area contributed by atoms with Gasteiger partial charge < -0.3 is 4.74 Å². The van der Waals surface area contributed by atoms with Crippen molar-refractivity contribution in [3.8, 4) is 6.07 Å². The van der Waals surface area contributed by atoms with Crippen LogP contribution in [0, 0.1) is 11.3 Å². The highest BCUT2D eigenvalue weighted by atomic mass is 16.6. The number of carbonyl (C=O) groups excluding carboxylic acids is 1. The van der Waals surface area contributed by atoms with Gasteiger partial charge in [-0.05, 0) is 39.3 Å². The smallest absolute Gasteiger partial charge is 0.419 e. The molecule has 0 aliphatic heterocycles. The monoisotopic (exact) mass is 270 g/mol. The van der Waals surface area contributed by atoms with Crippen molar-refractivity contribution in [2.24, 2.45) is 0 Å². The molecule has 0 fully saturated rings. The fraction of sp³-hybridized carbons (Fsp3) is 0.375. The van der Waals surface area contributed by atoms with Crippen molar-refractivity contribution >= 4 is 17.0 Å². The summed E-state index contributed by atoms with van der Waals surface area (Å²) < 4.78 is 6.88. The minimum Gasteiger partial charge on any atom is -0.443 e. The number of nitrogens with zero attached hydrogens (tertiary/aromatic N) is 2. The van der Waals surface area contributed by atoms with Crippen molar-refractivity contribution in [1.29, 1.82) is 5.26 Å². The number of benzene rings is 1. The lowest BCUT2D eigenvalue weighted by Gasteiger charge is -2.19. The molecule has 2 rings (SSSR count). The summed E-state index contributed by atoms with van der Waals surface area (Å²) in [6.45, 7) is 7.31. The molecule has 0 bridgehead atoms. The zero-order chi connectivity index (χ0) is 14.9. The topological polar surface area (TPSA) is 55.0 Å². The average Bonchev–Trinajstić information content (AvgIpc) is 2.75. The molecule has 0 aliphatic rings. The second-order valence-corrected chi connectivity index (χ2v) is 5.80. The lowest BCUT2D eigenvalue weighted by molar-refractivity contribution is 0.0544. The molecular formula is C16H18N2O2. The Kier molecular flexibility index (Phi) is 3.54. The number of nitriles is 1. The summed E-state index contributed by atoms with van der Waals surface area (Å²) in [5, 5.41) is 10.0. The number of fused-ring (bicyclic) bond motifs is 1. The minimum absolute atomic E-state index is 0.274.